The van der Waals surface area contributed by atoms with Crippen molar-refractivity contribution in [1.29, 1.82) is 0 Å². The third kappa shape index (κ3) is 7.62. The Labute approximate surface area is 322 Å². The molecule has 8 aromatic rings. The van der Waals surface area contributed by atoms with Gasteiger partial charge in [0.15, 0.2) is 0 Å². The zero-order chi connectivity index (χ0) is 36.7. The zero-order valence-electron chi connectivity index (χ0n) is 32.1. The molecule has 0 radical (unpaired) electrons. The SMILES string of the molecule is CCCCCCc1ccc(-c2cc(-c3ccccc3)c3c(ccc4c3ccc3cc(-c5ccc(CCCCCC)cc5)cc(-c5ccccc5)c34)c2)cc1. The highest BCUT2D eigenvalue weighted by Crippen LogP contribution is 2.43. The molecule has 0 unspecified atom stereocenters. The van der Waals surface area contributed by atoms with E-state index in [2.05, 4.69) is 172 Å². The lowest BCUT2D eigenvalue weighted by Gasteiger charge is -2.17. The Morgan fingerprint density at radius 3 is 1.11 bits per heavy atom. The summed E-state index contributed by atoms with van der Waals surface area (Å²) in [6.45, 7) is 4.56. The van der Waals surface area contributed by atoms with Crippen molar-refractivity contribution in [3.63, 3.8) is 0 Å². The van der Waals surface area contributed by atoms with E-state index in [-0.39, 0.29) is 0 Å². The van der Waals surface area contributed by atoms with Crippen LogP contribution >= 0.6 is 0 Å². The van der Waals surface area contributed by atoms with Crippen molar-refractivity contribution >= 4 is 32.3 Å². The van der Waals surface area contributed by atoms with Crippen LogP contribution in [0.2, 0.25) is 0 Å². The average Bonchev–Trinajstić information content (AvgIpc) is 3.24. The van der Waals surface area contributed by atoms with E-state index in [0.29, 0.717) is 0 Å². The maximum Gasteiger partial charge on any atom is -0.00262 e. The third-order valence-electron chi connectivity index (χ3n) is 11.4. The molecule has 0 aliphatic carbocycles. The minimum absolute atomic E-state index is 1.16. The van der Waals surface area contributed by atoms with E-state index in [1.807, 2.05) is 0 Å². The predicted octanol–water partition coefficient (Wildman–Crippen LogP) is 16.1. The van der Waals surface area contributed by atoms with Crippen LogP contribution in [0.25, 0.3) is 76.8 Å². The van der Waals surface area contributed by atoms with Gasteiger partial charge in [0.05, 0.1) is 0 Å². The summed E-state index contributed by atoms with van der Waals surface area (Å²) in [4.78, 5) is 0. The fraction of sp³-hybridized carbons (Fsp3) is 0.222. The minimum Gasteiger partial charge on any atom is -0.0654 e. The molecule has 0 fully saturated rings. The zero-order valence-corrected chi connectivity index (χ0v) is 32.1. The van der Waals surface area contributed by atoms with Crippen molar-refractivity contribution in [1.82, 2.24) is 0 Å². The first-order valence-corrected chi connectivity index (χ1v) is 20.5. The summed E-state index contributed by atoms with van der Waals surface area (Å²) >= 11 is 0. The number of hydrogen-bond donors (Lipinski definition) is 0. The summed E-state index contributed by atoms with van der Waals surface area (Å²) in [6, 6.07) is 59.7. The van der Waals surface area contributed by atoms with Crippen molar-refractivity contribution in [3.05, 3.63) is 169 Å². The molecule has 0 spiro atoms. The first-order chi connectivity index (χ1) is 26.7. The largest absolute Gasteiger partial charge is 0.0654 e. The molecule has 0 aromatic heterocycles. The molecule has 268 valence electrons. The van der Waals surface area contributed by atoms with Crippen LogP contribution in [0.1, 0.15) is 76.3 Å². The molecule has 0 bridgehead atoms. The fourth-order valence-corrected chi connectivity index (χ4v) is 8.42. The number of rotatable bonds is 14. The first kappa shape index (κ1) is 35.6. The molecular weight excluding hydrogens is 649 g/mol. The van der Waals surface area contributed by atoms with E-state index in [1.165, 1.54) is 139 Å². The monoisotopic (exact) mass is 700 g/mol. The number of fused-ring (bicyclic) bond motifs is 5. The Kier molecular flexibility index (Phi) is 11.0. The Morgan fingerprint density at radius 1 is 0.315 bits per heavy atom. The quantitative estimate of drug-likeness (QED) is 0.0782. The van der Waals surface area contributed by atoms with Gasteiger partial charge in [0.25, 0.3) is 0 Å². The van der Waals surface area contributed by atoms with Crippen LogP contribution in [0.4, 0.5) is 0 Å². The molecule has 8 rings (SSSR count). The molecule has 0 atom stereocenters. The van der Waals surface area contributed by atoms with Crippen molar-refractivity contribution in [2.24, 2.45) is 0 Å². The van der Waals surface area contributed by atoms with Gasteiger partial charge in [-0.25, -0.2) is 0 Å². The number of unbranched alkanes of at least 4 members (excludes halogenated alkanes) is 6. The Bertz CT molecular complexity index is 2290. The first-order valence-electron chi connectivity index (χ1n) is 20.5. The number of aryl methyl sites for hydroxylation is 2. The van der Waals surface area contributed by atoms with Gasteiger partial charge in [-0.1, -0.05) is 186 Å². The van der Waals surface area contributed by atoms with Crippen LogP contribution in [0.15, 0.2) is 158 Å². The standard InChI is InChI=1S/C54H52/c1-3-5-7-11-17-39-23-27-41(28-24-39)47-35-45-31-33-50-49(53(45)51(37-47)43-19-13-9-14-20-43)34-32-46-36-48(38-52(54(46)50)44-21-15-10-16-22-44)42-29-25-40(26-30-42)18-12-8-6-4-2/h9-10,13-16,19-38H,3-8,11-12,17-18H2,1-2H3. The normalized spacial score (nSPS) is 11.5. The fourth-order valence-electron chi connectivity index (χ4n) is 8.42. The minimum atomic E-state index is 1.16. The van der Waals surface area contributed by atoms with E-state index in [4.69, 9.17) is 0 Å². The summed E-state index contributed by atoms with van der Waals surface area (Å²) in [5.74, 6) is 0. The molecular formula is C54H52. The van der Waals surface area contributed by atoms with Gasteiger partial charge >= 0.3 is 0 Å². The van der Waals surface area contributed by atoms with Crippen LogP contribution in [0.5, 0.6) is 0 Å². The molecule has 0 heterocycles. The molecule has 0 aliphatic heterocycles. The van der Waals surface area contributed by atoms with Crippen molar-refractivity contribution in [2.45, 2.75) is 78.1 Å². The van der Waals surface area contributed by atoms with E-state index >= 15 is 0 Å². The maximum atomic E-state index is 2.42. The maximum absolute atomic E-state index is 2.42. The molecule has 0 heteroatoms. The van der Waals surface area contributed by atoms with Crippen molar-refractivity contribution in [2.75, 3.05) is 0 Å². The highest BCUT2D eigenvalue weighted by Gasteiger charge is 2.16. The Balaban J connectivity index is 1.26. The van der Waals surface area contributed by atoms with Crippen LogP contribution in [0, 0.1) is 0 Å². The van der Waals surface area contributed by atoms with Gasteiger partial charge in [0.2, 0.25) is 0 Å². The summed E-state index contributed by atoms with van der Waals surface area (Å²) in [5.41, 5.74) is 13.0. The van der Waals surface area contributed by atoms with Crippen LogP contribution in [0.3, 0.4) is 0 Å². The topological polar surface area (TPSA) is 0 Å². The van der Waals surface area contributed by atoms with E-state index in [9.17, 15) is 0 Å². The van der Waals surface area contributed by atoms with Crippen LogP contribution in [-0.4, -0.2) is 0 Å². The molecule has 0 amide bonds. The van der Waals surface area contributed by atoms with Gasteiger partial charge in [0.1, 0.15) is 0 Å². The van der Waals surface area contributed by atoms with Crippen molar-refractivity contribution < 1.29 is 0 Å². The van der Waals surface area contributed by atoms with Gasteiger partial charge in [-0.15, -0.1) is 0 Å². The van der Waals surface area contributed by atoms with Gasteiger partial charge in [-0.2, -0.15) is 0 Å². The molecule has 0 aliphatic rings. The number of hydrogen-bond acceptors (Lipinski definition) is 0. The van der Waals surface area contributed by atoms with E-state index in [1.54, 1.807) is 0 Å². The van der Waals surface area contributed by atoms with Gasteiger partial charge in [0, 0.05) is 0 Å². The molecule has 0 saturated carbocycles. The van der Waals surface area contributed by atoms with Gasteiger partial charge in [-0.05, 0) is 138 Å². The third-order valence-corrected chi connectivity index (χ3v) is 11.4. The van der Waals surface area contributed by atoms with E-state index < -0.39 is 0 Å². The second-order valence-corrected chi connectivity index (χ2v) is 15.2. The smallest absolute Gasteiger partial charge is 0.00262 e. The molecule has 0 saturated heterocycles. The molecule has 0 N–H and O–H groups in total. The molecule has 0 nitrogen and oxygen atoms in total. The second-order valence-electron chi connectivity index (χ2n) is 15.2. The van der Waals surface area contributed by atoms with Crippen LogP contribution in [-0.2, 0) is 12.8 Å². The van der Waals surface area contributed by atoms with E-state index in [0.717, 1.165) is 12.8 Å². The molecule has 8 aromatic carbocycles. The van der Waals surface area contributed by atoms with Crippen LogP contribution < -0.4 is 0 Å². The van der Waals surface area contributed by atoms with Crippen molar-refractivity contribution in [3.8, 4) is 44.5 Å². The Hall–Kier alpha value is -5.46. The predicted molar refractivity (Wildman–Crippen MR) is 236 cm³/mol. The van der Waals surface area contributed by atoms with Gasteiger partial charge < -0.3 is 0 Å². The Morgan fingerprint density at radius 2 is 0.722 bits per heavy atom. The second kappa shape index (κ2) is 16.7. The summed E-state index contributed by atoms with van der Waals surface area (Å²) in [7, 11) is 0. The summed E-state index contributed by atoms with van der Waals surface area (Å²) < 4.78 is 0. The highest BCUT2D eigenvalue weighted by atomic mass is 14.2. The summed E-state index contributed by atoms with van der Waals surface area (Å²) in [5, 5.41) is 7.77. The molecule has 54 heavy (non-hydrogen) atoms. The lowest BCUT2D eigenvalue weighted by Crippen LogP contribution is -1.91. The average molecular weight is 701 g/mol. The van der Waals surface area contributed by atoms with Gasteiger partial charge in [-0.3, -0.25) is 0 Å². The highest BCUT2D eigenvalue weighted by molar-refractivity contribution is 6.24. The summed E-state index contributed by atoms with van der Waals surface area (Å²) in [6.07, 6.45) is 12.7. The lowest BCUT2D eigenvalue weighted by molar-refractivity contribution is 0.667. The number of benzene rings is 8. The lowest BCUT2D eigenvalue weighted by atomic mass is 9.86.